The van der Waals surface area contributed by atoms with Crippen molar-refractivity contribution >= 4 is 17.7 Å². The molecule has 20 heavy (non-hydrogen) atoms. The lowest BCUT2D eigenvalue weighted by Gasteiger charge is -2.11. The molecule has 0 unspecified atom stereocenters. The van der Waals surface area contributed by atoms with Crippen LogP contribution in [-0.2, 0) is 11.3 Å². The highest BCUT2D eigenvalue weighted by atomic mass is 32.2. The number of benzene rings is 1. The predicted octanol–water partition coefficient (Wildman–Crippen LogP) is 3.35. The Kier molecular flexibility index (Phi) is 4.79. The van der Waals surface area contributed by atoms with Crippen molar-refractivity contribution in [1.29, 1.82) is 0 Å². The van der Waals surface area contributed by atoms with Gasteiger partial charge in [-0.15, -0.1) is 11.8 Å². The van der Waals surface area contributed by atoms with Gasteiger partial charge in [0.1, 0.15) is 17.4 Å². The fraction of sp³-hybridized carbons (Fsp3) is 0.214. The molecule has 0 aliphatic rings. The van der Waals surface area contributed by atoms with Crippen molar-refractivity contribution in [1.82, 2.24) is 5.32 Å². The van der Waals surface area contributed by atoms with E-state index in [1.165, 1.54) is 6.26 Å². The summed E-state index contributed by atoms with van der Waals surface area (Å²) in [5.41, 5.74) is 0. The number of carbonyl (C=O) groups excluding carboxylic acids is 1. The minimum absolute atomic E-state index is 0.116. The number of halogens is 2. The zero-order chi connectivity index (χ0) is 14.5. The van der Waals surface area contributed by atoms with E-state index >= 15 is 0 Å². The molecule has 6 heteroatoms. The minimum Gasteiger partial charge on any atom is -0.467 e. The summed E-state index contributed by atoms with van der Waals surface area (Å²) >= 11 is 0.972. The highest BCUT2D eigenvalue weighted by molar-refractivity contribution is 8.00. The van der Waals surface area contributed by atoms with E-state index in [1.807, 2.05) is 0 Å². The maximum atomic E-state index is 13.5. The number of nitrogens with one attached hydrogen (secondary N) is 1. The van der Waals surface area contributed by atoms with Gasteiger partial charge in [-0.05, 0) is 37.3 Å². The highest BCUT2D eigenvalue weighted by Crippen LogP contribution is 2.26. The Balaban J connectivity index is 1.92. The van der Waals surface area contributed by atoms with Gasteiger partial charge < -0.3 is 9.73 Å². The zero-order valence-electron chi connectivity index (χ0n) is 10.7. The molecule has 3 nitrogen and oxygen atoms in total. The number of thioether (sulfide) groups is 1. The summed E-state index contributed by atoms with van der Waals surface area (Å²) in [6, 6.07) is 6.63. The quantitative estimate of drug-likeness (QED) is 0.861. The Labute approximate surface area is 119 Å². The smallest absolute Gasteiger partial charge is 0.233 e. The van der Waals surface area contributed by atoms with E-state index in [4.69, 9.17) is 4.42 Å². The molecule has 1 heterocycles. The summed E-state index contributed by atoms with van der Waals surface area (Å²) in [6.45, 7) is 1.90. The van der Waals surface area contributed by atoms with Crippen molar-refractivity contribution in [3.8, 4) is 0 Å². The van der Waals surface area contributed by atoms with Crippen LogP contribution in [0, 0.1) is 11.6 Å². The van der Waals surface area contributed by atoms with Crippen LogP contribution in [-0.4, -0.2) is 11.2 Å². The third-order valence-electron chi connectivity index (χ3n) is 2.58. The first-order valence-corrected chi connectivity index (χ1v) is 6.86. The minimum atomic E-state index is -0.540. The SMILES string of the molecule is C[C@H](Sc1cc(F)ccc1F)C(=O)NCc1ccco1. The van der Waals surface area contributed by atoms with Crippen LogP contribution in [0.5, 0.6) is 0 Å². The summed E-state index contributed by atoms with van der Waals surface area (Å²) in [4.78, 5) is 12.0. The molecular weight excluding hydrogens is 284 g/mol. The first-order valence-electron chi connectivity index (χ1n) is 5.98. The maximum Gasteiger partial charge on any atom is 0.233 e. The second-order valence-electron chi connectivity index (χ2n) is 4.13. The second-order valence-corrected chi connectivity index (χ2v) is 5.51. The van der Waals surface area contributed by atoms with Crippen LogP contribution in [0.25, 0.3) is 0 Å². The van der Waals surface area contributed by atoms with Gasteiger partial charge >= 0.3 is 0 Å². The third kappa shape index (κ3) is 3.84. The summed E-state index contributed by atoms with van der Waals surface area (Å²) < 4.78 is 31.6. The molecule has 1 N–H and O–H groups in total. The molecule has 0 aliphatic carbocycles. The fourth-order valence-corrected chi connectivity index (χ4v) is 2.48. The Bertz CT molecular complexity index is 587. The van der Waals surface area contributed by atoms with E-state index in [9.17, 15) is 13.6 Å². The molecule has 0 fully saturated rings. The average Bonchev–Trinajstić information content (AvgIpc) is 2.93. The summed E-state index contributed by atoms with van der Waals surface area (Å²) in [5, 5.41) is 2.13. The van der Waals surface area contributed by atoms with Crippen LogP contribution in [0.2, 0.25) is 0 Å². The van der Waals surface area contributed by atoms with E-state index in [0.29, 0.717) is 5.76 Å². The second kappa shape index (κ2) is 6.56. The van der Waals surface area contributed by atoms with Crippen LogP contribution in [0.4, 0.5) is 8.78 Å². The van der Waals surface area contributed by atoms with Crippen molar-refractivity contribution in [3.05, 3.63) is 54.0 Å². The standard InChI is InChI=1S/C14H13F2NO2S/c1-9(14(18)17-8-11-3-2-6-19-11)20-13-7-10(15)4-5-12(13)16/h2-7,9H,8H2,1H3,(H,17,18)/t9-/m0/s1. The number of amides is 1. The predicted molar refractivity (Wildman–Crippen MR) is 72.2 cm³/mol. The number of hydrogen-bond acceptors (Lipinski definition) is 3. The molecule has 1 aromatic heterocycles. The van der Waals surface area contributed by atoms with Crippen molar-refractivity contribution in [3.63, 3.8) is 0 Å². The first-order chi connectivity index (χ1) is 9.56. The molecule has 0 radical (unpaired) electrons. The number of rotatable bonds is 5. The zero-order valence-corrected chi connectivity index (χ0v) is 11.5. The maximum absolute atomic E-state index is 13.5. The van der Waals surface area contributed by atoms with Crippen LogP contribution in [0.3, 0.4) is 0 Å². The van der Waals surface area contributed by atoms with Gasteiger partial charge in [0.25, 0.3) is 0 Å². The molecule has 0 spiro atoms. The lowest BCUT2D eigenvalue weighted by molar-refractivity contribution is -0.120. The highest BCUT2D eigenvalue weighted by Gasteiger charge is 2.17. The Morgan fingerprint density at radius 3 is 2.90 bits per heavy atom. The molecule has 0 saturated carbocycles. The molecule has 1 aromatic carbocycles. The van der Waals surface area contributed by atoms with Gasteiger partial charge in [0.2, 0.25) is 5.91 Å². The van der Waals surface area contributed by atoms with Crippen molar-refractivity contribution in [2.24, 2.45) is 0 Å². The van der Waals surface area contributed by atoms with Crippen molar-refractivity contribution in [2.45, 2.75) is 23.6 Å². The number of hydrogen-bond donors (Lipinski definition) is 1. The van der Waals surface area contributed by atoms with E-state index in [0.717, 1.165) is 30.0 Å². The van der Waals surface area contributed by atoms with Gasteiger partial charge in [-0.25, -0.2) is 8.78 Å². The Hall–Kier alpha value is -1.82. The largest absolute Gasteiger partial charge is 0.467 e. The number of carbonyl (C=O) groups is 1. The third-order valence-corrected chi connectivity index (χ3v) is 3.72. The molecule has 106 valence electrons. The van der Waals surface area contributed by atoms with E-state index in [-0.39, 0.29) is 17.3 Å². The summed E-state index contributed by atoms with van der Waals surface area (Å²) in [5.74, 6) is -0.707. The molecule has 0 aliphatic heterocycles. The lowest BCUT2D eigenvalue weighted by atomic mass is 10.3. The van der Waals surface area contributed by atoms with Crippen LogP contribution < -0.4 is 5.32 Å². The van der Waals surface area contributed by atoms with Crippen LogP contribution in [0.1, 0.15) is 12.7 Å². The molecule has 2 rings (SSSR count). The van der Waals surface area contributed by atoms with Gasteiger partial charge in [0.05, 0.1) is 18.1 Å². The molecule has 1 atom stereocenters. The monoisotopic (exact) mass is 297 g/mol. The molecule has 2 aromatic rings. The van der Waals surface area contributed by atoms with E-state index < -0.39 is 16.9 Å². The van der Waals surface area contributed by atoms with Gasteiger partial charge in [0, 0.05) is 4.90 Å². The van der Waals surface area contributed by atoms with E-state index in [2.05, 4.69) is 5.32 Å². The van der Waals surface area contributed by atoms with Gasteiger partial charge in [-0.1, -0.05) is 0 Å². The van der Waals surface area contributed by atoms with Crippen LogP contribution >= 0.6 is 11.8 Å². The van der Waals surface area contributed by atoms with E-state index in [1.54, 1.807) is 19.1 Å². The van der Waals surface area contributed by atoms with Crippen molar-refractivity contribution < 1.29 is 18.0 Å². The van der Waals surface area contributed by atoms with Gasteiger partial charge in [-0.2, -0.15) is 0 Å². The molecule has 0 saturated heterocycles. The number of furan rings is 1. The molecular formula is C14H13F2NO2S. The Morgan fingerprint density at radius 2 is 2.20 bits per heavy atom. The summed E-state index contributed by atoms with van der Waals surface area (Å²) in [6.07, 6.45) is 1.52. The summed E-state index contributed by atoms with van der Waals surface area (Å²) in [7, 11) is 0. The topological polar surface area (TPSA) is 42.2 Å². The fourth-order valence-electron chi connectivity index (χ4n) is 1.54. The van der Waals surface area contributed by atoms with Crippen molar-refractivity contribution in [2.75, 3.05) is 0 Å². The first kappa shape index (κ1) is 14.6. The molecule has 0 bridgehead atoms. The normalized spacial score (nSPS) is 12.2. The van der Waals surface area contributed by atoms with Gasteiger partial charge in [-0.3, -0.25) is 4.79 Å². The van der Waals surface area contributed by atoms with Gasteiger partial charge in [0.15, 0.2) is 0 Å². The Morgan fingerprint density at radius 1 is 1.40 bits per heavy atom. The van der Waals surface area contributed by atoms with Crippen LogP contribution in [0.15, 0.2) is 45.9 Å². The lowest BCUT2D eigenvalue weighted by Crippen LogP contribution is -2.30. The average molecular weight is 297 g/mol. The molecule has 1 amide bonds.